The average molecular weight is 302 g/mol. The third kappa shape index (κ3) is 4.54. The predicted octanol–water partition coefficient (Wildman–Crippen LogP) is 2.31. The van der Waals surface area contributed by atoms with Crippen LogP contribution in [0.2, 0.25) is 0 Å². The lowest BCUT2D eigenvalue weighted by Crippen LogP contribution is -2.25. The van der Waals surface area contributed by atoms with E-state index in [1.54, 1.807) is 0 Å². The average Bonchev–Trinajstić information content (AvgIpc) is 2.37. The number of halogens is 1. The summed E-state index contributed by atoms with van der Waals surface area (Å²) in [5.41, 5.74) is 5.93. The minimum atomic E-state index is -3.60. The number of hydrogen-bond donors (Lipinski definition) is 2. The smallest absolute Gasteiger partial charge is 0.240 e. The SMILES string of the molecule is Cc1cc(S(=O)(=O)NCCCC(C)C)cc(CN)c1F. The molecule has 0 aliphatic rings. The van der Waals surface area contributed by atoms with E-state index < -0.39 is 15.8 Å². The van der Waals surface area contributed by atoms with E-state index in [0.717, 1.165) is 12.8 Å². The quantitative estimate of drug-likeness (QED) is 0.759. The molecule has 1 aromatic rings. The van der Waals surface area contributed by atoms with Crippen molar-refractivity contribution in [3.8, 4) is 0 Å². The minimum Gasteiger partial charge on any atom is -0.326 e. The van der Waals surface area contributed by atoms with E-state index in [9.17, 15) is 12.8 Å². The largest absolute Gasteiger partial charge is 0.326 e. The lowest BCUT2D eigenvalue weighted by molar-refractivity contribution is 0.539. The van der Waals surface area contributed by atoms with Crippen LogP contribution in [0.5, 0.6) is 0 Å². The lowest BCUT2D eigenvalue weighted by atomic mass is 10.1. The molecule has 0 atom stereocenters. The van der Waals surface area contributed by atoms with Gasteiger partial charge in [-0.2, -0.15) is 0 Å². The fourth-order valence-corrected chi connectivity index (χ4v) is 3.12. The molecular weight excluding hydrogens is 279 g/mol. The van der Waals surface area contributed by atoms with Crippen molar-refractivity contribution >= 4 is 10.0 Å². The highest BCUT2D eigenvalue weighted by Gasteiger charge is 2.17. The third-order valence-electron chi connectivity index (χ3n) is 3.08. The molecule has 0 bridgehead atoms. The second-order valence-electron chi connectivity index (χ2n) is 5.35. The first kappa shape index (κ1) is 17.1. The summed E-state index contributed by atoms with van der Waals surface area (Å²) in [6, 6.07) is 2.63. The van der Waals surface area contributed by atoms with Crippen molar-refractivity contribution in [3.63, 3.8) is 0 Å². The van der Waals surface area contributed by atoms with E-state index in [1.165, 1.54) is 19.1 Å². The Bertz CT molecular complexity index is 557. The zero-order valence-corrected chi connectivity index (χ0v) is 13.1. The van der Waals surface area contributed by atoms with Crippen LogP contribution in [0.25, 0.3) is 0 Å². The predicted molar refractivity (Wildman–Crippen MR) is 78.3 cm³/mol. The van der Waals surface area contributed by atoms with Gasteiger partial charge in [0.05, 0.1) is 4.90 Å². The van der Waals surface area contributed by atoms with Crippen molar-refractivity contribution in [1.29, 1.82) is 0 Å². The van der Waals surface area contributed by atoms with Gasteiger partial charge in [-0.05, 0) is 43.4 Å². The Morgan fingerprint density at radius 3 is 2.55 bits per heavy atom. The molecule has 0 fully saturated rings. The van der Waals surface area contributed by atoms with Crippen molar-refractivity contribution in [2.45, 2.75) is 45.1 Å². The first-order valence-electron chi connectivity index (χ1n) is 6.76. The Morgan fingerprint density at radius 2 is 2.00 bits per heavy atom. The Kier molecular flexibility index (Phi) is 6.10. The van der Waals surface area contributed by atoms with Gasteiger partial charge in [-0.3, -0.25) is 0 Å². The number of aryl methyl sites for hydroxylation is 1. The normalized spacial score (nSPS) is 12.1. The van der Waals surface area contributed by atoms with E-state index in [4.69, 9.17) is 5.73 Å². The van der Waals surface area contributed by atoms with Gasteiger partial charge in [0.15, 0.2) is 0 Å². The molecule has 0 saturated carbocycles. The molecule has 0 amide bonds. The van der Waals surface area contributed by atoms with Gasteiger partial charge in [-0.15, -0.1) is 0 Å². The van der Waals surface area contributed by atoms with Crippen LogP contribution in [0.1, 0.15) is 37.8 Å². The molecule has 20 heavy (non-hydrogen) atoms. The third-order valence-corrected chi connectivity index (χ3v) is 4.52. The molecule has 114 valence electrons. The van der Waals surface area contributed by atoms with Gasteiger partial charge in [0.25, 0.3) is 0 Å². The van der Waals surface area contributed by atoms with Gasteiger partial charge < -0.3 is 5.73 Å². The van der Waals surface area contributed by atoms with Crippen molar-refractivity contribution in [3.05, 3.63) is 29.1 Å². The first-order valence-corrected chi connectivity index (χ1v) is 8.25. The van der Waals surface area contributed by atoms with Crippen LogP contribution in [-0.2, 0) is 16.6 Å². The maximum atomic E-state index is 13.7. The van der Waals surface area contributed by atoms with Crippen molar-refractivity contribution in [1.82, 2.24) is 4.72 Å². The molecule has 0 heterocycles. The van der Waals surface area contributed by atoms with Crippen LogP contribution < -0.4 is 10.5 Å². The summed E-state index contributed by atoms with van der Waals surface area (Å²) in [6.07, 6.45) is 1.74. The molecule has 0 spiro atoms. The zero-order valence-electron chi connectivity index (χ0n) is 12.2. The standard InChI is InChI=1S/C14H23FN2O2S/c1-10(2)5-4-6-17-20(18,19)13-7-11(3)14(15)12(8-13)9-16/h7-8,10,17H,4-6,9,16H2,1-3H3. The Balaban J connectivity index is 2.85. The summed E-state index contributed by atoms with van der Waals surface area (Å²) in [5.74, 6) is 0.0997. The van der Waals surface area contributed by atoms with Gasteiger partial charge in [0, 0.05) is 18.7 Å². The van der Waals surface area contributed by atoms with Crippen LogP contribution in [0, 0.1) is 18.7 Å². The molecule has 1 aromatic carbocycles. The molecule has 0 unspecified atom stereocenters. The molecule has 0 aliphatic heterocycles. The van der Waals surface area contributed by atoms with Crippen LogP contribution in [0.4, 0.5) is 4.39 Å². The topological polar surface area (TPSA) is 72.2 Å². The summed E-state index contributed by atoms with van der Waals surface area (Å²) in [4.78, 5) is 0.0707. The number of nitrogens with one attached hydrogen (secondary N) is 1. The van der Waals surface area contributed by atoms with Crippen molar-refractivity contribution in [2.24, 2.45) is 11.7 Å². The van der Waals surface area contributed by atoms with Crippen molar-refractivity contribution < 1.29 is 12.8 Å². The van der Waals surface area contributed by atoms with Gasteiger partial charge >= 0.3 is 0 Å². The molecule has 0 aromatic heterocycles. The Hall–Kier alpha value is -0.980. The van der Waals surface area contributed by atoms with Crippen molar-refractivity contribution in [2.75, 3.05) is 6.54 Å². The maximum absolute atomic E-state index is 13.7. The fraction of sp³-hybridized carbons (Fsp3) is 0.571. The van der Waals surface area contributed by atoms with E-state index >= 15 is 0 Å². The lowest BCUT2D eigenvalue weighted by Gasteiger charge is -2.11. The minimum absolute atomic E-state index is 0.0244. The molecular formula is C14H23FN2O2S. The summed E-state index contributed by atoms with van der Waals surface area (Å²) in [7, 11) is -3.60. The molecule has 4 nitrogen and oxygen atoms in total. The summed E-state index contributed by atoms with van der Waals surface area (Å²) in [6.45, 7) is 6.07. The maximum Gasteiger partial charge on any atom is 0.240 e. The van der Waals surface area contributed by atoms with Gasteiger partial charge in [0.1, 0.15) is 5.82 Å². The van der Waals surface area contributed by atoms with E-state index in [-0.39, 0.29) is 22.6 Å². The summed E-state index contributed by atoms with van der Waals surface area (Å²) < 4.78 is 40.5. The number of rotatable bonds is 7. The molecule has 0 aliphatic carbocycles. The van der Waals surface area contributed by atoms with Gasteiger partial charge in [-0.1, -0.05) is 13.8 Å². The molecule has 1 rings (SSSR count). The molecule has 0 radical (unpaired) electrons. The van der Waals surface area contributed by atoms with Crippen LogP contribution in [0.3, 0.4) is 0 Å². The number of nitrogens with two attached hydrogens (primary N) is 1. The van der Waals surface area contributed by atoms with E-state index in [1.807, 2.05) is 0 Å². The zero-order chi connectivity index (χ0) is 15.3. The van der Waals surface area contributed by atoms with Gasteiger partial charge in [0.2, 0.25) is 10.0 Å². The highest BCUT2D eigenvalue weighted by atomic mass is 32.2. The number of benzene rings is 1. The molecule has 0 saturated heterocycles. The van der Waals surface area contributed by atoms with E-state index in [0.29, 0.717) is 12.5 Å². The Morgan fingerprint density at radius 1 is 1.35 bits per heavy atom. The highest BCUT2D eigenvalue weighted by molar-refractivity contribution is 7.89. The second kappa shape index (κ2) is 7.15. The highest BCUT2D eigenvalue weighted by Crippen LogP contribution is 2.19. The monoisotopic (exact) mass is 302 g/mol. The summed E-state index contributed by atoms with van der Waals surface area (Å²) >= 11 is 0. The molecule has 6 heteroatoms. The van der Waals surface area contributed by atoms with Crippen LogP contribution in [-0.4, -0.2) is 15.0 Å². The van der Waals surface area contributed by atoms with E-state index in [2.05, 4.69) is 18.6 Å². The van der Waals surface area contributed by atoms with Crippen LogP contribution in [0.15, 0.2) is 17.0 Å². The fourth-order valence-electron chi connectivity index (χ4n) is 1.91. The summed E-state index contributed by atoms with van der Waals surface area (Å²) in [5, 5.41) is 0. The number of sulfonamides is 1. The number of hydrogen-bond acceptors (Lipinski definition) is 3. The second-order valence-corrected chi connectivity index (χ2v) is 7.12. The Labute approximate surface area is 120 Å². The first-order chi connectivity index (χ1) is 9.27. The molecule has 3 N–H and O–H groups in total. The van der Waals surface area contributed by atoms with Gasteiger partial charge in [-0.25, -0.2) is 17.5 Å². The van der Waals surface area contributed by atoms with Crippen LogP contribution >= 0.6 is 0 Å².